The zero-order chi connectivity index (χ0) is 23.5. The fraction of sp³-hybridized carbons (Fsp3) is 0.120. The van der Waals surface area contributed by atoms with Crippen molar-refractivity contribution in [3.8, 4) is 17.1 Å². The molecule has 1 aliphatic heterocycles. The molecule has 34 heavy (non-hydrogen) atoms. The van der Waals surface area contributed by atoms with E-state index in [9.17, 15) is 4.79 Å². The summed E-state index contributed by atoms with van der Waals surface area (Å²) in [6.45, 7) is 0. The summed E-state index contributed by atoms with van der Waals surface area (Å²) >= 11 is 7.44. The number of para-hydroxylation sites is 1. The predicted octanol–water partition coefficient (Wildman–Crippen LogP) is 5.77. The minimum atomic E-state index is -0.542. The summed E-state index contributed by atoms with van der Waals surface area (Å²) in [7, 11) is 1.36. The number of thioether (sulfide) groups is 1. The highest BCUT2D eigenvalue weighted by atomic mass is 35.5. The van der Waals surface area contributed by atoms with Gasteiger partial charge in [0.05, 0.1) is 12.7 Å². The van der Waals surface area contributed by atoms with Crippen molar-refractivity contribution < 1.29 is 14.3 Å². The average Bonchev–Trinajstić information content (AvgIpc) is 3.04. The highest BCUT2D eigenvalue weighted by Gasteiger charge is 2.26. The van der Waals surface area contributed by atoms with Crippen molar-refractivity contribution in [3.63, 3.8) is 0 Å². The van der Waals surface area contributed by atoms with Crippen LogP contribution in [0.2, 0.25) is 5.02 Å². The van der Waals surface area contributed by atoms with Crippen molar-refractivity contribution in [3.05, 3.63) is 94.5 Å². The Bertz CT molecular complexity index is 1330. The molecule has 1 atom stereocenters. The summed E-state index contributed by atoms with van der Waals surface area (Å²) in [4.78, 5) is 16.5. The molecule has 0 saturated heterocycles. The molecule has 1 aliphatic rings. The standard InChI is InChI=1S/C25H19ClN4O3S/c1-32-24(31)17-10-8-16(9-11-17)22-27-20-5-3-2-4-19(20)21-23(33-22)28-25(30-29-21)34-14-15-6-12-18(26)13-7-15/h2-13,22,27H,14H2,1H3. The van der Waals surface area contributed by atoms with Crippen LogP contribution in [0.4, 0.5) is 5.69 Å². The second-order valence-corrected chi connectivity index (χ2v) is 8.84. The number of nitrogens with zero attached hydrogens (tertiary/aromatic N) is 3. The number of hydrogen-bond donors (Lipinski definition) is 1. The third-order valence-corrected chi connectivity index (χ3v) is 6.41. The number of fused-ring (bicyclic) bond motifs is 3. The topological polar surface area (TPSA) is 86.2 Å². The maximum absolute atomic E-state index is 11.8. The molecule has 2 heterocycles. The number of methoxy groups -OCH3 is 1. The molecule has 0 radical (unpaired) electrons. The maximum Gasteiger partial charge on any atom is 0.337 e. The van der Waals surface area contributed by atoms with E-state index in [0.29, 0.717) is 33.1 Å². The Labute approximate surface area is 205 Å². The van der Waals surface area contributed by atoms with Crippen LogP contribution in [0.5, 0.6) is 5.88 Å². The Kier molecular flexibility index (Phi) is 6.33. The molecule has 7 nitrogen and oxygen atoms in total. The number of halogens is 1. The van der Waals surface area contributed by atoms with E-state index in [0.717, 1.165) is 22.4 Å². The van der Waals surface area contributed by atoms with Gasteiger partial charge in [0.15, 0.2) is 11.9 Å². The largest absolute Gasteiger partial charge is 0.465 e. The highest BCUT2D eigenvalue weighted by Crippen LogP contribution is 2.39. The molecule has 0 saturated carbocycles. The Balaban J connectivity index is 1.45. The number of ether oxygens (including phenoxy) is 2. The number of anilines is 1. The fourth-order valence-electron chi connectivity index (χ4n) is 3.50. The van der Waals surface area contributed by atoms with Crippen LogP contribution in [-0.4, -0.2) is 28.3 Å². The number of aromatic nitrogens is 3. The van der Waals surface area contributed by atoms with Crippen molar-refractivity contribution in [2.45, 2.75) is 17.1 Å². The monoisotopic (exact) mass is 490 g/mol. The number of carbonyl (C=O) groups is 1. The lowest BCUT2D eigenvalue weighted by Gasteiger charge is -2.19. The van der Waals surface area contributed by atoms with Crippen LogP contribution < -0.4 is 10.1 Å². The lowest BCUT2D eigenvalue weighted by molar-refractivity contribution is 0.0600. The van der Waals surface area contributed by atoms with Gasteiger partial charge in [-0.25, -0.2) is 4.79 Å². The van der Waals surface area contributed by atoms with Crippen LogP contribution in [-0.2, 0) is 10.5 Å². The van der Waals surface area contributed by atoms with Crippen LogP contribution in [0.25, 0.3) is 11.3 Å². The molecule has 1 N–H and O–H groups in total. The van der Waals surface area contributed by atoms with E-state index in [-0.39, 0.29) is 0 Å². The molecule has 0 aliphatic carbocycles. The molecule has 9 heteroatoms. The van der Waals surface area contributed by atoms with Crippen molar-refractivity contribution in [2.24, 2.45) is 0 Å². The van der Waals surface area contributed by atoms with E-state index in [1.54, 1.807) is 12.1 Å². The van der Waals surface area contributed by atoms with E-state index in [4.69, 9.17) is 21.1 Å². The molecular weight excluding hydrogens is 472 g/mol. The van der Waals surface area contributed by atoms with E-state index >= 15 is 0 Å². The van der Waals surface area contributed by atoms with Gasteiger partial charge in [0.2, 0.25) is 11.0 Å². The number of benzene rings is 3. The summed E-state index contributed by atoms with van der Waals surface area (Å²) in [6.07, 6.45) is -0.542. The quantitative estimate of drug-likeness (QED) is 0.278. The lowest BCUT2D eigenvalue weighted by atomic mass is 10.1. The second-order valence-electron chi connectivity index (χ2n) is 7.46. The first-order valence-corrected chi connectivity index (χ1v) is 11.8. The number of carbonyl (C=O) groups excluding carboxylic acids is 1. The molecule has 0 fully saturated rings. The first-order valence-electron chi connectivity index (χ1n) is 10.4. The van der Waals surface area contributed by atoms with Crippen molar-refractivity contribution >= 4 is 35.0 Å². The minimum Gasteiger partial charge on any atom is -0.465 e. The highest BCUT2D eigenvalue weighted by molar-refractivity contribution is 7.98. The van der Waals surface area contributed by atoms with Gasteiger partial charge in [-0.3, -0.25) is 0 Å². The molecular formula is C25H19ClN4O3S. The summed E-state index contributed by atoms with van der Waals surface area (Å²) in [5, 5.41) is 13.4. The van der Waals surface area contributed by atoms with Gasteiger partial charge in [0, 0.05) is 27.6 Å². The summed E-state index contributed by atoms with van der Waals surface area (Å²) in [5.41, 5.74) is 4.65. The van der Waals surface area contributed by atoms with E-state index in [1.807, 2.05) is 60.7 Å². The van der Waals surface area contributed by atoms with E-state index < -0.39 is 12.2 Å². The molecule has 5 rings (SSSR count). The number of hydrogen-bond acceptors (Lipinski definition) is 8. The van der Waals surface area contributed by atoms with Crippen molar-refractivity contribution in [1.29, 1.82) is 0 Å². The zero-order valence-electron chi connectivity index (χ0n) is 18.1. The molecule has 0 spiro atoms. The van der Waals surface area contributed by atoms with Crippen molar-refractivity contribution in [1.82, 2.24) is 15.2 Å². The fourth-order valence-corrected chi connectivity index (χ4v) is 4.36. The molecule has 0 amide bonds. The number of nitrogens with one attached hydrogen (secondary N) is 1. The molecule has 4 aromatic rings. The van der Waals surface area contributed by atoms with Crippen molar-refractivity contribution in [2.75, 3.05) is 12.4 Å². The Hall–Kier alpha value is -3.62. The Morgan fingerprint density at radius 1 is 1.06 bits per heavy atom. The first-order chi connectivity index (χ1) is 16.6. The van der Waals surface area contributed by atoms with Gasteiger partial charge in [-0.1, -0.05) is 65.8 Å². The van der Waals surface area contributed by atoms with Crippen LogP contribution in [0.15, 0.2) is 78.0 Å². The Morgan fingerprint density at radius 2 is 1.82 bits per heavy atom. The van der Waals surface area contributed by atoms with Crippen LogP contribution >= 0.6 is 23.4 Å². The van der Waals surface area contributed by atoms with Gasteiger partial charge in [-0.05, 0) is 35.9 Å². The number of rotatable bonds is 5. The van der Waals surface area contributed by atoms with E-state index in [1.165, 1.54) is 18.9 Å². The van der Waals surface area contributed by atoms with Crippen LogP contribution in [0, 0.1) is 0 Å². The maximum atomic E-state index is 11.8. The van der Waals surface area contributed by atoms with Crippen LogP contribution in [0.3, 0.4) is 0 Å². The van der Waals surface area contributed by atoms with Gasteiger partial charge in [-0.15, -0.1) is 10.2 Å². The van der Waals surface area contributed by atoms with Gasteiger partial charge in [-0.2, -0.15) is 4.98 Å². The number of esters is 1. The molecule has 170 valence electrons. The zero-order valence-corrected chi connectivity index (χ0v) is 19.6. The van der Waals surface area contributed by atoms with Gasteiger partial charge < -0.3 is 14.8 Å². The molecule has 1 aromatic heterocycles. The Morgan fingerprint density at radius 3 is 2.59 bits per heavy atom. The third-order valence-electron chi connectivity index (χ3n) is 5.25. The average molecular weight is 491 g/mol. The summed E-state index contributed by atoms with van der Waals surface area (Å²) in [5.74, 6) is 0.662. The molecule has 1 unspecified atom stereocenters. The van der Waals surface area contributed by atoms with E-state index in [2.05, 4.69) is 20.5 Å². The molecule has 3 aromatic carbocycles. The van der Waals surface area contributed by atoms with Crippen LogP contribution in [0.1, 0.15) is 27.7 Å². The second kappa shape index (κ2) is 9.70. The normalized spacial score (nSPS) is 14.1. The first kappa shape index (κ1) is 22.2. The molecule has 0 bridgehead atoms. The summed E-state index contributed by atoms with van der Waals surface area (Å²) < 4.78 is 11.1. The van der Waals surface area contributed by atoms with Gasteiger partial charge >= 0.3 is 5.97 Å². The SMILES string of the molecule is COC(=O)c1ccc(C2Nc3ccccc3-c3nnc(SCc4ccc(Cl)cc4)nc3O2)cc1. The third kappa shape index (κ3) is 4.69. The van der Waals surface area contributed by atoms with Gasteiger partial charge in [0.25, 0.3) is 0 Å². The summed E-state index contributed by atoms with van der Waals surface area (Å²) in [6, 6.07) is 22.5. The smallest absolute Gasteiger partial charge is 0.337 e. The minimum absolute atomic E-state index is 0.383. The predicted molar refractivity (Wildman–Crippen MR) is 131 cm³/mol. The lowest BCUT2D eigenvalue weighted by Crippen LogP contribution is -2.17. The van der Waals surface area contributed by atoms with Gasteiger partial charge in [0.1, 0.15) is 0 Å².